The number of hydrogen-bond donors (Lipinski definition) is 1. The van der Waals surface area contributed by atoms with Crippen molar-refractivity contribution in [1.29, 1.82) is 0 Å². The lowest BCUT2D eigenvalue weighted by Crippen LogP contribution is -2.19. The third-order valence-electron chi connectivity index (χ3n) is 2.74. The molecule has 0 spiro atoms. The van der Waals surface area contributed by atoms with E-state index in [1.54, 1.807) is 30.3 Å². The van der Waals surface area contributed by atoms with Gasteiger partial charge in [0.1, 0.15) is 5.76 Å². The summed E-state index contributed by atoms with van der Waals surface area (Å²) >= 11 is 19.8. The number of aliphatic imine (C=N–C) groups is 1. The molecule has 1 aromatic carbocycles. The van der Waals surface area contributed by atoms with Crippen LogP contribution >= 0.6 is 66.8 Å². The monoisotopic (exact) mass is 494 g/mol. The van der Waals surface area contributed by atoms with Crippen molar-refractivity contribution < 1.29 is 9.21 Å². The van der Waals surface area contributed by atoms with E-state index < -0.39 is 0 Å². The van der Waals surface area contributed by atoms with Crippen molar-refractivity contribution in [2.75, 3.05) is 0 Å². The molecule has 1 aliphatic rings. The molecule has 1 aliphatic heterocycles. The van der Waals surface area contributed by atoms with Crippen molar-refractivity contribution in [2.45, 2.75) is 0 Å². The maximum atomic E-state index is 12.0. The van der Waals surface area contributed by atoms with Gasteiger partial charge in [0.15, 0.2) is 9.84 Å². The van der Waals surface area contributed by atoms with Gasteiger partial charge in [-0.3, -0.25) is 4.79 Å². The van der Waals surface area contributed by atoms with E-state index in [-0.39, 0.29) is 5.91 Å². The minimum absolute atomic E-state index is 0.254. The second-order valence-corrected chi connectivity index (χ2v) is 7.72. The first-order valence-electron chi connectivity index (χ1n) is 6.12. The molecule has 1 saturated heterocycles. The summed E-state index contributed by atoms with van der Waals surface area (Å²) < 4.78 is 6.77. The van der Waals surface area contributed by atoms with Gasteiger partial charge in [-0.05, 0) is 61.8 Å². The Morgan fingerprint density at radius 2 is 2.09 bits per heavy atom. The summed E-state index contributed by atoms with van der Waals surface area (Å²) in [7, 11) is 0. The average Bonchev–Trinajstić information content (AvgIpc) is 2.99. The van der Waals surface area contributed by atoms with E-state index in [0.717, 1.165) is 4.47 Å². The van der Waals surface area contributed by atoms with E-state index in [4.69, 9.17) is 27.6 Å². The molecule has 23 heavy (non-hydrogen) atoms. The minimum atomic E-state index is -0.254. The maximum absolute atomic E-state index is 12.0. The van der Waals surface area contributed by atoms with Gasteiger partial charge in [-0.2, -0.15) is 0 Å². The second-order valence-electron chi connectivity index (χ2n) is 4.33. The highest BCUT2D eigenvalue weighted by molar-refractivity contribution is 9.13. The van der Waals surface area contributed by atoms with Crippen LogP contribution in [0.25, 0.3) is 6.08 Å². The van der Waals surface area contributed by atoms with E-state index in [9.17, 15) is 4.79 Å². The fraction of sp³-hybridized carbons (Fsp3) is 0. The second kappa shape index (κ2) is 7.03. The standard InChI is InChI=1S/C14H6Br2Cl2N2O2S/c15-7-4-6(22-12(7)16)5-10-13(21)20-14(23-10)19-9-3-1-2-8(17)11(9)18/h1-5H,(H,19,20,21)/b10-5-. The van der Waals surface area contributed by atoms with Gasteiger partial charge in [-0.15, -0.1) is 0 Å². The zero-order valence-electron chi connectivity index (χ0n) is 11.1. The van der Waals surface area contributed by atoms with Crippen LogP contribution in [0.3, 0.4) is 0 Å². The van der Waals surface area contributed by atoms with Crippen molar-refractivity contribution in [3.05, 3.63) is 54.1 Å². The number of nitrogens with zero attached hydrogens (tertiary/aromatic N) is 1. The number of amidine groups is 1. The summed E-state index contributed by atoms with van der Waals surface area (Å²) in [5, 5.41) is 3.85. The number of hydrogen-bond acceptors (Lipinski definition) is 4. The van der Waals surface area contributed by atoms with Crippen LogP contribution in [0.2, 0.25) is 10.0 Å². The Bertz CT molecular complexity index is 845. The summed E-state index contributed by atoms with van der Waals surface area (Å²) in [5.41, 5.74) is 0.492. The maximum Gasteiger partial charge on any atom is 0.264 e. The number of halogens is 4. The lowest BCUT2D eigenvalue weighted by molar-refractivity contribution is -0.115. The fourth-order valence-electron chi connectivity index (χ4n) is 1.73. The topological polar surface area (TPSA) is 54.6 Å². The Balaban J connectivity index is 1.87. The highest BCUT2D eigenvalue weighted by atomic mass is 79.9. The van der Waals surface area contributed by atoms with Crippen LogP contribution in [0.15, 0.2) is 47.7 Å². The highest BCUT2D eigenvalue weighted by Gasteiger charge is 2.25. The first kappa shape index (κ1) is 17.1. The highest BCUT2D eigenvalue weighted by Crippen LogP contribution is 2.35. The molecule has 1 amide bonds. The smallest absolute Gasteiger partial charge is 0.264 e. The summed E-state index contributed by atoms with van der Waals surface area (Å²) in [4.78, 5) is 16.8. The number of carbonyl (C=O) groups excluding carboxylic acids is 1. The number of nitrogens with one attached hydrogen (secondary N) is 1. The summed E-state index contributed by atoms with van der Waals surface area (Å²) in [6.45, 7) is 0. The molecule has 0 bridgehead atoms. The fourth-order valence-corrected chi connectivity index (χ4v) is 3.49. The molecular weight excluding hydrogens is 491 g/mol. The predicted molar refractivity (Wildman–Crippen MR) is 101 cm³/mol. The largest absolute Gasteiger partial charge is 0.449 e. The third kappa shape index (κ3) is 3.85. The molecular formula is C14H6Br2Cl2N2O2S. The first-order chi connectivity index (χ1) is 10.9. The summed E-state index contributed by atoms with van der Waals surface area (Å²) in [6.07, 6.45) is 1.64. The van der Waals surface area contributed by atoms with Gasteiger partial charge < -0.3 is 9.73 Å². The lowest BCUT2D eigenvalue weighted by Gasteiger charge is -2.00. The van der Waals surface area contributed by atoms with Crippen LogP contribution in [0.1, 0.15) is 5.76 Å². The molecule has 0 saturated carbocycles. The van der Waals surface area contributed by atoms with Gasteiger partial charge in [0.2, 0.25) is 0 Å². The number of rotatable bonds is 2. The van der Waals surface area contributed by atoms with Gasteiger partial charge in [-0.25, -0.2) is 4.99 Å². The zero-order valence-corrected chi connectivity index (χ0v) is 16.6. The van der Waals surface area contributed by atoms with E-state index in [1.807, 2.05) is 0 Å². The van der Waals surface area contributed by atoms with Crippen LogP contribution in [0, 0.1) is 0 Å². The molecule has 1 fully saturated rings. The first-order valence-corrected chi connectivity index (χ1v) is 9.28. The van der Waals surface area contributed by atoms with E-state index in [1.165, 1.54) is 11.8 Å². The predicted octanol–water partition coefficient (Wildman–Crippen LogP) is 6.00. The molecule has 0 aliphatic carbocycles. The van der Waals surface area contributed by atoms with Gasteiger partial charge in [0.25, 0.3) is 5.91 Å². The normalized spacial score (nSPS) is 18.0. The molecule has 1 N–H and O–H groups in total. The molecule has 2 aromatic rings. The molecule has 0 unspecified atom stereocenters. The average molecular weight is 497 g/mol. The van der Waals surface area contributed by atoms with E-state index in [2.05, 4.69) is 42.2 Å². The minimum Gasteiger partial charge on any atom is -0.449 e. The van der Waals surface area contributed by atoms with Crippen LogP contribution in [0.4, 0.5) is 5.69 Å². The molecule has 4 nitrogen and oxygen atoms in total. The van der Waals surface area contributed by atoms with Gasteiger partial charge in [-0.1, -0.05) is 29.3 Å². The molecule has 0 atom stereocenters. The van der Waals surface area contributed by atoms with Gasteiger partial charge in [0.05, 0.1) is 25.1 Å². The zero-order chi connectivity index (χ0) is 16.6. The van der Waals surface area contributed by atoms with Gasteiger partial charge >= 0.3 is 0 Å². The third-order valence-corrected chi connectivity index (χ3v) is 6.17. The SMILES string of the molecule is O=C1NC(=Nc2cccc(Cl)c2Cl)S/C1=C\c1cc(Br)c(Br)o1. The number of benzene rings is 1. The van der Waals surface area contributed by atoms with Crippen molar-refractivity contribution in [2.24, 2.45) is 4.99 Å². The Kier molecular flexibility index (Phi) is 5.22. The molecule has 0 radical (unpaired) electrons. The van der Waals surface area contributed by atoms with Crippen LogP contribution in [-0.4, -0.2) is 11.1 Å². The molecule has 118 valence electrons. The van der Waals surface area contributed by atoms with Crippen LogP contribution < -0.4 is 5.32 Å². The molecule has 3 rings (SSSR count). The lowest BCUT2D eigenvalue weighted by atomic mass is 10.3. The van der Waals surface area contributed by atoms with Crippen molar-refractivity contribution in [3.63, 3.8) is 0 Å². The molecule has 9 heteroatoms. The number of thioether (sulfide) groups is 1. The van der Waals surface area contributed by atoms with E-state index in [0.29, 0.717) is 36.2 Å². The Labute approximate surface area is 162 Å². The number of amides is 1. The van der Waals surface area contributed by atoms with Crippen LogP contribution in [0.5, 0.6) is 0 Å². The quantitative estimate of drug-likeness (QED) is 0.518. The Morgan fingerprint density at radius 1 is 1.30 bits per heavy atom. The molecule has 1 aromatic heterocycles. The number of furan rings is 1. The number of carbonyl (C=O) groups is 1. The molecule has 2 heterocycles. The summed E-state index contributed by atoms with van der Waals surface area (Å²) in [5.74, 6) is 0.291. The summed E-state index contributed by atoms with van der Waals surface area (Å²) in [6, 6.07) is 6.89. The Morgan fingerprint density at radius 3 is 2.78 bits per heavy atom. The Hall–Kier alpha value is -0.730. The van der Waals surface area contributed by atoms with Gasteiger partial charge in [0, 0.05) is 6.08 Å². The van der Waals surface area contributed by atoms with Crippen LogP contribution in [-0.2, 0) is 4.79 Å². The van der Waals surface area contributed by atoms with Crippen molar-refractivity contribution >= 4 is 89.7 Å². The van der Waals surface area contributed by atoms with Crippen molar-refractivity contribution in [3.8, 4) is 0 Å². The van der Waals surface area contributed by atoms with Crippen molar-refractivity contribution in [1.82, 2.24) is 5.32 Å². The van der Waals surface area contributed by atoms with E-state index >= 15 is 0 Å².